The molecular formula is C14H9F3O2. The van der Waals surface area contributed by atoms with Gasteiger partial charge in [-0.2, -0.15) is 0 Å². The Morgan fingerprint density at radius 1 is 1.00 bits per heavy atom. The van der Waals surface area contributed by atoms with E-state index in [0.29, 0.717) is 6.07 Å². The summed E-state index contributed by atoms with van der Waals surface area (Å²) in [4.78, 5) is 11.7. The lowest BCUT2D eigenvalue weighted by molar-refractivity contribution is 0.0917. The predicted octanol–water partition coefficient (Wildman–Crippen LogP) is 3.37. The highest BCUT2D eigenvalue weighted by Gasteiger charge is 2.12. The van der Waals surface area contributed by atoms with Crippen molar-refractivity contribution < 1.29 is 22.7 Å². The number of rotatable bonds is 4. The smallest absolute Gasteiger partial charge is 0.203 e. The van der Waals surface area contributed by atoms with Crippen LogP contribution in [0.5, 0.6) is 5.75 Å². The fourth-order valence-electron chi connectivity index (χ4n) is 1.53. The number of hydrogen-bond acceptors (Lipinski definition) is 2. The maximum Gasteiger partial charge on any atom is 0.203 e. The van der Waals surface area contributed by atoms with Gasteiger partial charge in [-0.25, -0.2) is 13.2 Å². The van der Waals surface area contributed by atoms with E-state index in [1.807, 2.05) is 0 Å². The molecule has 0 amide bonds. The van der Waals surface area contributed by atoms with Crippen molar-refractivity contribution in [3.63, 3.8) is 0 Å². The standard InChI is InChI=1S/C14H9F3O2/c15-9-5-10(16)7-11(6-9)19-8-14(18)12-3-1-2-4-13(12)17/h1-7H,8H2. The molecule has 0 spiro atoms. The maximum atomic E-state index is 13.3. The van der Waals surface area contributed by atoms with E-state index in [2.05, 4.69) is 0 Å². The Hall–Kier alpha value is -2.30. The molecule has 0 aliphatic rings. The molecule has 0 unspecified atom stereocenters. The zero-order chi connectivity index (χ0) is 13.8. The van der Waals surface area contributed by atoms with Crippen LogP contribution >= 0.6 is 0 Å². The molecule has 0 atom stereocenters. The van der Waals surface area contributed by atoms with E-state index >= 15 is 0 Å². The first-order chi connectivity index (χ1) is 9.06. The van der Waals surface area contributed by atoms with Crippen molar-refractivity contribution in [3.8, 4) is 5.75 Å². The van der Waals surface area contributed by atoms with Crippen LogP contribution in [0.2, 0.25) is 0 Å². The second kappa shape index (κ2) is 5.56. The van der Waals surface area contributed by atoms with Crippen LogP contribution < -0.4 is 4.74 Å². The van der Waals surface area contributed by atoms with Gasteiger partial charge in [0, 0.05) is 18.2 Å². The second-order valence-electron chi connectivity index (χ2n) is 3.80. The van der Waals surface area contributed by atoms with Crippen molar-refractivity contribution in [2.24, 2.45) is 0 Å². The Bertz CT molecular complexity index is 591. The lowest BCUT2D eigenvalue weighted by Crippen LogP contribution is -2.13. The molecule has 98 valence electrons. The van der Waals surface area contributed by atoms with Crippen LogP contribution in [0.4, 0.5) is 13.2 Å². The average Bonchev–Trinajstić information content (AvgIpc) is 2.35. The Morgan fingerprint density at radius 2 is 1.63 bits per heavy atom. The highest BCUT2D eigenvalue weighted by molar-refractivity contribution is 5.97. The molecule has 0 bridgehead atoms. The number of benzene rings is 2. The molecule has 2 rings (SSSR count). The van der Waals surface area contributed by atoms with E-state index in [9.17, 15) is 18.0 Å². The van der Waals surface area contributed by atoms with Gasteiger partial charge in [-0.1, -0.05) is 12.1 Å². The third-order valence-corrected chi connectivity index (χ3v) is 2.38. The highest BCUT2D eigenvalue weighted by atomic mass is 19.1. The van der Waals surface area contributed by atoms with Gasteiger partial charge in [0.25, 0.3) is 0 Å². The fourth-order valence-corrected chi connectivity index (χ4v) is 1.53. The van der Waals surface area contributed by atoms with E-state index in [4.69, 9.17) is 4.74 Å². The molecule has 0 aliphatic heterocycles. The van der Waals surface area contributed by atoms with Crippen molar-refractivity contribution >= 4 is 5.78 Å². The summed E-state index contributed by atoms with van der Waals surface area (Å²) >= 11 is 0. The summed E-state index contributed by atoms with van der Waals surface area (Å²) < 4.78 is 44.0. The average molecular weight is 266 g/mol. The first kappa shape index (κ1) is 13.1. The van der Waals surface area contributed by atoms with Gasteiger partial charge >= 0.3 is 0 Å². The first-order valence-corrected chi connectivity index (χ1v) is 5.43. The third-order valence-electron chi connectivity index (χ3n) is 2.38. The van der Waals surface area contributed by atoms with Crippen LogP contribution in [0.3, 0.4) is 0 Å². The minimum atomic E-state index is -0.812. The Labute approximate surface area is 107 Å². The molecule has 0 N–H and O–H groups in total. The predicted molar refractivity (Wildman–Crippen MR) is 62.6 cm³/mol. The number of halogens is 3. The lowest BCUT2D eigenvalue weighted by Gasteiger charge is -2.06. The molecule has 2 nitrogen and oxygen atoms in total. The highest BCUT2D eigenvalue weighted by Crippen LogP contribution is 2.16. The monoisotopic (exact) mass is 266 g/mol. The van der Waals surface area contributed by atoms with Gasteiger partial charge in [0.15, 0.2) is 6.61 Å². The molecule has 5 heteroatoms. The summed E-state index contributed by atoms with van der Waals surface area (Å²) in [6.07, 6.45) is 0. The molecule has 0 saturated heterocycles. The SMILES string of the molecule is O=C(COc1cc(F)cc(F)c1)c1ccccc1F. The number of ketones is 1. The summed E-state index contributed by atoms with van der Waals surface area (Å²) in [7, 11) is 0. The number of Topliss-reactive ketones (excluding diaryl/α,β-unsaturated/α-hetero) is 1. The zero-order valence-electron chi connectivity index (χ0n) is 9.70. The third kappa shape index (κ3) is 3.34. The summed E-state index contributed by atoms with van der Waals surface area (Å²) in [5, 5.41) is 0. The second-order valence-corrected chi connectivity index (χ2v) is 3.80. The Kier molecular flexibility index (Phi) is 3.85. The van der Waals surface area contributed by atoms with Gasteiger partial charge in [-0.3, -0.25) is 4.79 Å². The number of ether oxygens (including phenoxy) is 1. The maximum absolute atomic E-state index is 13.3. The van der Waals surface area contributed by atoms with Gasteiger partial charge in [0.1, 0.15) is 23.2 Å². The van der Waals surface area contributed by atoms with E-state index in [1.165, 1.54) is 18.2 Å². The molecule has 0 radical (unpaired) electrons. The molecule has 19 heavy (non-hydrogen) atoms. The summed E-state index contributed by atoms with van der Waals surface area (Å²) in [6.45, 7) is -0.496. The lowest BCUT2D eigenvalue weighted by atomic mass is 10.1. The Balaban J connectivity index is 2.07. The normalized spacial score (nSPS) is 10.3. The van der Waals surface area contributed by atoms with E-state index in [0.717, 1.165) is 18.2 Å². The summed E-state index contributed by atoms with van der Waals surface area (Å²) in [5.41, 5.74) is -0.126. The fraction of sp³-hybridized carbons (Fsp3) is 0.0714. The van der Waals surface area contributed by atoms with E-state index in [1.54, 1.807) is 0 Å². The number of carbonyl (C=O) groups is 1. The van der Waals surface area contributed by atoms with Gasteiger partial charge in [0.2, 0.25) is 5.78 Å². The molecule has 0 aromatic heterocycles. The zero-order valence-corrected chi connectivity index (χ0v) is 9.70. The molecule has 0 saturated carbocycles. The Morgan fingerprint density at radius 3 is 2.26 bits per heavy atom. The first-order valence-electron chi connectivity index (χ1n) is 5.43. The van der Waals surface area contributed by atoms with Crippen molar-refractivity contribution in [1.82, 2.24) is 0 Å². The number of hydrogen-bond donors (Lipinski definition) is 0. The number of carbonyl (C=O) groups excluding carboxylic acids is 1. The minimum absolute atomic E-state index is 0.123. The van der Waals surface area contributed by atoms with E-state index < -0.39 is 29.8 Å². The molecule has 0 aliphatic carbocycles. The van der Waals surface area contributed by atoms with Gasteiger partial charge < -0.3 is 4.74 Å². The van der Waals surface area contributed by atoms with Crippen molar-refractivity contribution in [2.75, 3.05) is 6.61 Å². The van der Waals surface area contributed by atoms with Crippen molar-refractivity contribution in [3.05, 3.63) is 65.5 Å². The van der Waals surface area contributed by atoms with Crippen LogP contribution in [-0.4, -0.2) is 12.4 Å². The molecule has 0 heterocycles. The van der Waals surface area contributed by atoms with Crippen LogP contribution in [0.15, 0.2) is 42.5 Å². The summed E-state index contributed by atoms with van der Waals surface area (Å²) in [5.74, 6) is -3.02. The van der Waals surface area contributed by atoms with Gasteiger partial charge in [0.05, 0.1) is 5.56 Å². The van der Waals surface area contributed by atoms with Crippen LogP contribution in [0, 0.1) is 17.5 Å². The topological polar surface area (TPSA) is 26.3 Å². The quantitative estimate of drug-likeness (QED) is 0.793. The van der Waals surface area contributed by atoms with Crippen LogP contribution in [0.1, 0.15) is 10.4 Å². The van der Waals surface area contributed by atoms with E-state index in [-0.39, 0.29) is 11.3 Å². The van der Waals surface area contributed by atoms with Crippen molar-refractivity contribution in [1.29, 1.82) is 0 Å². The largest absolute Gasteiger partial charge is 0.485 e. The molecule has 2 aromatic rings. The van der Waals surface area contributed by atoms with Gasteiger partial charge in [-0.15, -0.1) is 0 Å². The van der Waals surface area contributed by atoms with Crippen molar-refractivity contribution in [2.45, 2.75) is 0 Å². The molecular weight excluding hydrogens is 257 g/mol. The molecule has 2 aromatic carbocycles. The minimum Gasteiger partial charge on any atom is -0.485 e. The molecule has 0 fully saturated rings. The van der Waals surface area contributed by atoms with Crippen LogP contribution in [-0.2, 0) is 0 Å². The summed E-state index contributed by atoms with van der Waals surface area (Å²) in [6, 6.07) is 8.00. The van der Waals surface area contributed by atoms with Crippen LogP contribution in [0.25, 0.3) is 0 Å². The van der Waals surface area contributed by atoms with Gasteiger partial charge in [-0.05, 0) is 12.1 Å².